The predicted octanol–water partition coefficient (Wildman–Crippen LogP) is 4.55. The smallest absolute Gasteiger partial charge is 0.129 e. The van der Waals surface area contributed by atoms with Gasteiger partial charge in [-0.1, -0.05) is 18.9 Å². The van der Waals surface area contributed by atoms with Gasteiger partial charge in [-0.2, -0.15) is 0 Å². The molecule has 0 bridgehead atoms. The van der Waals surface area contributed by atoms with Gasteiger partial charge in [0.1, 0.15) is 11.6 Å². The van der Waals surface area contributed by atoms with E-state index in [0.29, 0.717) is 17.9 Å². The number of hydrogen-bond donors (Lipinski definition) is 0. The Morgan fingerprint density at radius 3 is 2.44 bits per heavy atom. The minimum Gasteiger partial charge on any atom is -0.207 e. The summed E-state index contributed by atoms with van der Waals surface area (Å²) in [7, 11) is 0. The largest absolute Gasteiger partial charge is 0.207 e. The fourth-order valence-corrected chi connectivity index (χ4v) is 4.16. The van der Waals surface area contributed by atoms with E-state index in [-0.39, 0.29) is 5.38 Å². The summed E-state index contributed by atoms with van der Waals surface area (Å²) in [5, 5.41) is -0.00180. The molecule has 0 amide bonds. The Bertz CT molecular complexity index is 434. The summed E-state index contributed by atoms with van der Waals surface area (Å²) in [4.78, 5) is 0. The lowest BCUT2D eigenvalue weighted by Crippen LogP contribution is -2.09. The van der Waals surface area contributed by atoms with E-state index in [2.05, 4.69) is 0 Å². The van der Waals surface area contributed by atoms with Crippen LogP contribution in [0, 0.1) is 29.4 Å². The van der Waals surface area contributed by atoms with Crippen LogP contribution in [0.3, 0.4) is 0 Å². The predicted molar refractivity (Wildman–Crippen MR) is 68.6 cm³/mol. The molecule has 0 saturated heterocycles. The number of benzene rings is 1. The lowest BCUT2D eigenvalue weighted by atomic mass is 10.0. The van der Waals surface area contributed by atoms with Gasteiger partial charge < -0.3 is 0 Å². The molecule has 0 N–H and O–H groups in total. The fraction of sp³-hybridized carbons (Fsp3) is 0.600. The van der Waals surface area contributed by atoms with Gasteiger partial charge in [0.25, 0.3) is 0 Å². The van der Waals surface area contributed by atoms with Crippen molar-refractivity contribution in [1.29, 1.82) is 0 Å². The lowest BCUT2D eigenvalue weighted by Gasteiger charge is -2.10. The maximum atomic E-state index is 13.6. The standard InChI is InChI=1S/C15H17ClF2/c16-13(15-11-3-1-2-4-12(11)15)7-9-5-6-10(17)8-14(9)18/h5-6,8,11-13,15H,1-4,7H2. The monoisotopic (exact) mass is 270 g/mol. The van der Waals surface area contributed by atoms with E-state index in [9.17, 15) is 8.78 Å². The third-order valence-corrected chi connectivity index (χ3v) is 5.02. The Labute approximate surface area is 111 Å². The van der Waals surface area contributed by atoms with Crippen LogP contribution < -0.4 is 0 Å². The third kappa shape index (κ3) is 2.27. The number of rotatable bonds is 3. The van der Waals surface area contributed by atoms with Crippen molar-refractivity contribution in [3.8, 4) is 0 Å². The van der Waals surface area contributed by atoms with Crippen LogP contribution >= 0.6 is 11.6 Å². The van der Waals surface area contributed by atoms with Gasteiger partial charge in [0.2, 0.25) is 0 Å². The minimum atomic E-state index is -0.525. The normalized spacial score (nSPS) is 31.8. The second-order valence-electron chi connectivity index (χ2n) is 5.65. The highest BCUT2D eigenvalue weighted by molar-refractivity contribution is 6.21. The third-order valence-electron chi connectivity index (χ3n) is 4.57. The Morgan fingerprint density at radius 1 is 1.17 bits per heavy atom. The van der Waals surface area contributed by atoms with Crippen molar-refractivity contribution in [3.05, 3.63) is 35.4 Å². The molecular formula is C15H17ClF2. The Balaban J connectivity index is 1.66. The molecule has 2 aliphatic rings. The first-order chi connectivity index (χ1) is 8.66. The molecule has 3 rings (SSSR count). The van der Waals surface area contributed by atoms with E-state index < -0.39 is 11.6 Å². The number of hydrogen-bond acceptors (Lipinski definition) is 0. The summed E-state index contributed by atoms with van der Waals surface area (Å²) in [6.45, 7) is 0. The summed E-state index contributed by atoms with van der Waals surface area (Å²) in [5.41, 5.74) is 0.542. The van der Waals surface area contributed by atoms with E-state index in [4.69, 9.17) is 11.6 Å². The molecule has 98 valence electrons. The van der Waals surface area contributed by atoms with Crippen LogP contribution in [-0.4, -0.2) is 5.38 Å². The number of fused-ring (bicyclic) bond motifs is 1. The van der Waals surface area contributed by atoms with Crippen molar-refractivity contribution in [3.63, 3.8) is 0 Å². The second-order valence-corrected chi connectivity index (χ2v) is 6.21. The van der Waals surface area contributed by atoms with Crippen LogP contribution in [0.25, 0.3) is 0 Å². The molecule has 2 fully saturated rings. The summed E-state index contributed by atoms with van der Waals surface area (Å²) < 4.78 is 26.4. The van der Waals surface area contributed by atoms with Gasteiger partial charge >= 0.3 is 0 Å². The highest BCUT2D eigenvalue weighted by Gasteiger charge is 2.53. The van der Waals surface area contributed by atoms with Crippen molar-refractivity contribution in [2.45, 2.75) is 37.5 Å². The van der Waals surface area contributed by atoms with Crippen molar-refractivity contribution < 1.29 is 8.78 Å². The molecule has 2 saturated carbocycles. The first-order valence-corrected chi connectivity index (χ1v) is 7.18. The van der Waals surface area contributed by atoms with Crippen molar-refractivity contribution in [2.75, 3.05) is 0 Å². The number of alkyl halides is 1. The molecule has 3 atom stereocenters. The van der Waals surface area contributed by atoms with E-state index >= 15 is 0 Å². The summed E-state index contributed by atoms with van der Waals surface area (Å²) in [6.07, 6.45) is 5.71. The zero-order chi connectivity index (χ0) is 12.7. The molecule has 0 aromatic heterocycles. The molecule has 1 aromatic carbocycles. The zero-order valence-corrected chi connectivity index (χ0v) is 11.0. The second kappa shape index (κ2) is 4.80. The van der Waals surface area contributed by atoms with Gasteiger partial charge in [0, 0.05) is 11.4 Å². The quantitative estimate of drug-likeness (QED) is 0.707. The zero-order valence-electron chi connectivity index (χ0n) is 10.2. The van der Waals surface area contributed by atoms with Crippen molar-refractivity contribution >= 4 is 11.6 Å². The molecular weight excluding hydrogens is 254 g/mol. The van der Waals surface area contributed by atoms with Crippen LogP contribution in [0.15, 0.2) is 18.2 Å². The van der Waals surface area contributed by atoms with Crippen LogP contribution in [0.5, 0.6) is 0 Å². The van der Waals surface area contributed by atoms with Crippen LogP contribution in [0.1, 0.15) is 31.2 Å². The van der Waals surface area contributed by atoms with Gasteiger partial charge in [-0.15, -0.1) is 11.6 Å². The summed E-state index contributed by atoms with van der Waals surface area (Å²) in [6, 6.07) is 3.77. The molecule has 3 unspecified atom stereocenters. The van der Waals surface area contributed by atoms with Gasteiger partial charge in [-0.25, -0.2) is 8.78 Å². The van der Waals surface area contributed by atoms with E-state index in [0.717, 1.165) is 17.9 Å². The minimum absolute atomic E-state index is 0.00180. The van der Waals surface area contributed by atoms with Crippen LogP contribution in [0.2, 0.25) is 0 Å². The van der Waals surface area contributed by atoms with E-state index in [1.807, 2.05) is 0 Å². The maximum Gasteiger partial charge on any atom is 0.129 e. The SMILES string of the molecule is Fc1ccc(CC(Cl)C2C3CCCCC32)c(F)c1. The first-order valence-electron chi connectivity index (χ1n) is 6.75. The highest BCUT2D eigenvalue weighted by Crippen LogP contribution is 2.58. The van der Waals surface area contributed by atoms with Crippen molar-refractivity contribution in [1.82, 2.24) is 0 Å². The molecule has 0 nitrogen and oxygen atoms in total. The fourth-order valence-electron chi connectivity index (χ4n) is 3.62. The van der Waals surface area contributed by atoms with E-state index in [1.54, 1.807) is 0 Å². The maximum absolute atomic E-state index is 13.6. The molecule has 0 spiro atoms. The Hall–Kier alpha value is -0.630. The molecule has 1 aromatic rings. The molecule has 3 heteroatoms. The Kier molecular flexibility index (Phi) is 3.31. The highest BCUT2D eigenvalue weighted by atomic mass is 35.5. The summed E-state index contributed by atoms with van der Waals surface area (Å²) >= 11 is 6.44. The van der Waals surface area contributed by atoms with Crippen LogP contribution in [0.4, 0.5) is 8.78 Å². The Morgan fingerprint density at radius 2 is 1.83 bits per heavy atom. The molecule has 2 aliphatic carbocycles. The first kappa shape index (κ1) is 12.4. The molecule has 0 aliphatic heterocycles. The van der Waals surface area contributed by atoms with E-state index in [1.165, 1.54) is 37.8 Å². The average Bonchev–Trinajstić information content (AvgIpc) is 3.07. The van der Waals surface area contributed by atoms with Gasteiger partial charge in [0.15, 0.2) is 0 Å². The van der Waals surface area contributed by atoms with Gasteiger partial charge in [-0.05, 0) is 48.6 Å². The van der Waals surface area contributed by atoms with Crippen molar-refractivity contribution in [2.24, 2.45) is 17.8 Å². The molecule has 0 heterocycles. The molecule has 18 heavy (non-hydrogen) atoms. The lowest BCUT2D eigenvalue weighted by molar-refractivity contribution is 0.480. The summed E-state index contributed by atoms with van der Waals surface area (Å²) in [5.74, 6) is 1.10. The topological polar surface area (TPSA) is 0 Å². The van der Waals surface area contributed by atoms with Gasteiger partial charge in [0.05, 0.1) is 0 Å². The molecule has 0 radical (unpaired) electrons. The van der Waals surface area contributed by atoms with Gasteiger partial charge in [-0.3, -0.25) is 0 Å². The average molecular weight is 271 g/mol. The van der Waals surface area contributed by atoms with Crippen LogP contribution in [-0.2, 0) is 6.42 Å². The number of halogens is 3.